The topological polar surface area (TPSA) is 83.0 Å². The average molecular weight is 375 g/mol. The maximum absolute atomic E-state index is 11.1. The number of hydrogen-bond donors (Lipinski definition) is 1. The summed E-state index contributed by atoms with van der Waals surface area (Å²) in [7, 11) is 1.66. The number of nitrogens with zero attached hydrogens (tertiary/aromatic N) is 3. The Kier molecular flexibility index (Phi) is 6.19. The standard InChI is InChI=1S/C19H26N4O2S/c1-13-5-3-4-6-16(13)23-18(14-7-9-15(25-2)10-8-14)21-22-19(23)26-12-11-17(20)24/h7-10,13,16H,3-6,11-12H2,1-2H3,(H2,20,24)/t13-,16+/m1/s1. The first-order valence-corrected chi connectivity index (χ1v) is 10.1. The number of rotatable bonds is 7. The molecule has 6 nitrogen and oxygen atoms in total. The molecule has 1 fully saturated rings. The molecule has 1 aromatic heterocycles. The highest BCUT2D eigenvalue weighted by atomic mass is 32.2. The van der Waals surface area contributed by atoms with E-state index in [1.807, 2.05) is 24.3 Å². The molecular weight excluding hydrogens is 348 g/mol. The molecule has 1 aliphatic carbocycles. The maximum atomic E-state index is 11.1. The predicted molar refractivity (Wildman–Crippen MR) is 103 cm³/mol. The van der Waals surface area contributed by atoms with E-state index in [1.54, 1.807) is 18.9 Å². The minimum absolute atomic E-state index is 0.287. The van der Waals surface area contributed by atoms with Gasteiger partial charge in [-0.05, 0) is 43.0 Å². The number of carbonyl (C=O) groups excluding carboxylic acids is 1. The smallest absolute Gasteiger partial charge is 0.218 e. The van der Waals surface area contributed by atoms with E-state index >= 15 is 0 Å². The van der Waals surface area contributed by atoms with Crippen molar-refractivity contribution in [2.75, 3.05) is 12.9 Å². The monoisotopic (exact) mass is 374 g/mol. The van der Waals surface area contributed by atoms with Crippen LogP contribution in [0.1, 0.15) is 45.1 Å². The summed E-state index contributed by atoms with van der Waals surface area (Å²) in [6.07, 6.45) is 5.19. The molecule has 2 N–H and O–H groups in total. The zero-order valence-electron chi connectivity index (χ0n) is 15.4. The first-order chi connectivity index (χ1) is 12.6. The van der Waals surface area contributed by atoms with Crippen molar-refractivity contribution < 1.29 is 9.53 Å². The van der Waals surface area contributed by atoms with Crippen molar-refractivity contribution in [3.8, 4) is 17.1 Å². The fourth-order valence-corrected chi connectivity index (χ4v) is 4.48. The molecule has 0 unspecified atom stereocenters. The number of carbonyl (C=O) groups is 1. The number of ether oxygens (including phenoxy) is 1. The number of amides is 1. The van der Waals surface area contributed by atoms with Crippen LogP contribution in [0, 0.1) is 5.92 Å². The van der Waals surface area contributed by atoms with Crippen LogP contribution in [-0.4, -0.2) is 33.5 Å². The van der Waals surface area contributed by atoms with Crippen molar-refractivity contribution >= 4 is 17.7 Å². The zero-order valence-corrected chi connectivity index (χ0v) is 16.2. The van der Waals surface area contributed by atoms with E-state index in [0.29, 0.717) is 24.1 Å². The molecule has 0 bridgehead atoms. The van der Waals surface area contributed by atoms with E-state index in [0.717, 1.165) is 28.7 Å². The van der Waals surface area contributed by atoms with Gasteiger partial charge in [-0.25, -0.2) is 0 Å². The number of aromatic nitrogens is 3. The van der Waals surface area contributed by atoms with E-state index in [2.05, 4.69) is 21.7 Å². The quantitative estimate of drug-likeness (QED) is 0.748. The normalized spacial score (nSPS) is 20.1. The van der Waals surface area contributed by atoms with E-state index < -0.39 is 0 Å². The van der Waals surface area contributed by atoms with Crippen molar-refractivity contribution in [1.82, 2.24) is 14.8 Å². The third-order valence-electron chi connectivity index (χ3n) is 4.99. The summed E-state index contributed by atoms with van der Waals surface area (Å²) in [5, 5.41) is 9.79. The van der Waals surface area contributed by atoms with Crippen LogP contribution in [0.15, 0.2) is 29.4 Å². The van der Waals surface area contributed by atoms with E-state index in [9.17, 15) is 4.79 Å². The average Bonchev–Trinajstić information content (AvgIpc) is 3.05. The molecule has 0 saturated heterocycles. The number of benzene rings is 1. The van der Waals surface area contributed by atoms with Gasteiger partial charge in [0.05, 0.1) is 7.11 Å². The molecule has 2 atom stereocenters. The molecule has 26 heavy (non-hydrogen) atoms. The van der Waals surface area contributed by atoms with Crippen LogP contribution >= 0.6 is 11.8 Å². The largest absolute Gasteiger partial charge is 0.497 e. The fourth-order valence-electron chi connectivity index (χ4n) is 3.53. The first-order valence-electron chi connectivity index (χ1n) is 9.10. The Morgan fingerprint density at radius 2 is 2.00 bits per heavy atom. The van der Waals surface area contributed by atoms with Gasteiger partial charge in [-0.1, -0.05) is 31.5 Å². The van der Waals surface area contributed by atoms with Crippen LogP contribution in [0.2, 0.25) is 0 Å². The van der Waals surface area contributed by atoms with Crippen molar-refractivity contribution in [2.24, 2.45) is 11.7 Å². The van der Waals surface area contributed by atoms with Gasteiger partial charge in [0.1, 0.15) is 5.75 Å². The molecule has 1 saturated carbocycles. The number of nitrogens with two attached hydrogens (primary N) is 1. The van der Waals surface area contributed by atoms with Crippen molar-refractivity contribution in [3.05, 3.63) is 24.3 Å². The highest BCUT2D eigenvalue weighted by molar-refractivity contribution is 7.99. The lowest BCUT2D eigenvalue weighted by atomic mass is 9.85. The van der Waals surface area contributed by atoms with Gasteiger partial charge in [0.25, 0.3) is 0 Å². The summed E-state index contributed by atoms with van der Waals surface area (Å²) in [6, 6.07) is 8.30. The molecule has 0 spiro atoms. The SMILES string of the molecule is COc1ccc(-c2nnc(SCCC(N)=O)n2[C@H]2CCCC[C@H]2C)cc1. The van der Waals surface area contributed by atoms with E-state index in [1.165, 1.54) is 19.3 Å². The Bertz CT molecular complexity index is 744. The number of hydrogen-bond acceptors (Lipinski definition) is 5. The van der Waals surface area contributed by atoms with Crippen LogP contribution in [0.3, 0.4) is 0 Å². The van der Waals surface area contributed by atoms with Crippen LogP contribution in [-0.2, 0) is 4.79 Å². The van der Waals surface area contributed by atoms with Crippen LogP contribution in [0.25, 0.3) is 11.4 Å². The Morgan fingerprint density at radius 1 is 1.27 bits per heavy atom. The number of thioether (sulfide) groups is 1. The lowest BCUT2D eigenvalue weighted by Crippen LogP contribution is -2.22. The lowest BCUT2D eigenvalue weighted by molar-refractivity contribution is -0.117. The molecule has 0 radical (unpaired) electrons. The maximum Gasteiger partial charge on any atom is 0.218 e. The minimum atomic E-state index is -0.287. The van der Waals surface area contributed by atoms with E-state index in [4.69, 9.17) is 10.5 Å². The molecule has 7 heteroatoms. The van der Waals surface area contributed by atoms with Crippen molar-refractivity contribution in [3.63, 3.8) is 0 Å². The number of methoxy groups -OCH3 is 1. The molecule has 1 heterocycles. The van der Waals surface area contributed by atoms with Gasteiger partial charge < -0.3 is 10.5 Å². The van der Waals surface area contributed by atoms with Crippen molar-refractivity contribution in [1.29, 1.82) is 0 Å². The highest BCUT2D eigenvalue weighted by Gasteiger charge is 2.28. The van der Waals surface area contributed by atoms with Gasteiger partial charge in [-0.2, -0.15) is 0 Å². The van der Waals surface area contributed by atoms with Gasteiger partial charge in [-0.15, -0.1) is 10.2 Å². The Balaban J connectivity index is 1.94. The molecule has 3 rings (SSSR count). The van der Waals surface area contributed by atoms with Gasteiger partial charge in [0, 0.05) is 23.8 Å². The zero-order chi connectivity index (χ0) is 18.5. The summed E-state index contributed by atoms with van der Waals surface area (Å²) in [4.78, 5) is 11.1. The highest BCUT2D eigenvalue weighted by Crippen LogP contribution is 2.39. The second kappa shape index (κ2) is 8.58. The predicted octanol–water partition coefficient (Wildman–Crippen LogP) is 3.67. The molecule has 140 valence electrons. The van der Waals surface area contributed by atoms with Crippen LogP contribution in [0.4, 0.5) is 0 Å². The van der Waals surface area contributed by atoms with Crippen LogP contribution < -0.4 is 10.5 Å². The van der Waals surface area contributed by atoms with Gasteiger partial charge in [0.2, 0.25) is 5.91 Å². The summed E-state index contributed by atoms with van der Waals surface area (Å²) in [5.74, 6) is 2.61. The minimum Gasteiger partial charge on any atom is -0.497 e. The van der Waals surface area contributed by atoms with E-state index in [-0.39, 0.29) is 5.91 Å². The molecule has 1 aliphatic rings. The Hall–Kier alpha value is -2.02. The van der Waals surface area contributed by atoms with Gasteiger partial charge in [-0.3, -0.25) is 9.36 Å². The Morgan fingerprint density at radius 3 is 2.65 bits per heavy atom. The third kappa shape index (κ3) is 4.20. The first kappa shape index (κ1) is 18.8. The van der Waals surface area contributed by atoms with Crippen molar-refractivity contribution in [2.45, 2.75) is 50.2 Å². The van der Waals surface area contributed by atoms with Crippen LogP contribution in [0.5, 0.6) is 5.75 Å². The molecule has 2 aromatic rings. The Labute approximate surface area is 158 Å². The molecule has 1 amide bonds. The summed E-state index contributed by atoms with van der Waals surface area (Å²) >= 11 is 1.56. The number of primary amides is 1. The summed E-state index contributed by atoms with van der Waals surface area (Å²) < 4.78 is 7.53. The molecular formula is C19H26N4O2S. The summed E-state index contributed by atoms with van der Waals surface area (Å²) in [5.41, 5.74) is 6.30. The third-order valence-corrected chi connectivity index (χ3v) is 5.94. The van der Waals surface area contributed by atoms with Gasteiger partial charge in [0.15, 0.2) is 11.0 Å². The van der Waals surface area contributed by atoms with Gasteiger partial charge >= 0.3 is 0 Å². The molecule has 0 aliphatic heterocycles. The summed E-state index contributed by atoms with van der Waals surface area (Å²) in [6.45, 7) is 2.31. The molecule has 1 aromatic carbocycles. The second-order valence-electron chi connectivity index (χ2n) is 6.80. The second-order valence-corrected chi connectivity index (χ2v) is 7.86. The lowest BCUT2D eigenvalue weighted by Gasteiger charge is -2.31. The fraction of sp³-hybridized carbons (Fsp3) is 0.526.